The smallest absolute Gasteiger partial charge is 0.264 e. The Hall–Kier alpha value is -3.07. The Morgan fingerprint density at radius 1 is 0.900 bits per heavy atom. The number of amides is 2. The molecule has 1 atom stereocenters. The van der Waals surface area contributed by atoms with Gasteiger partial charge < -0.3 is 10.2 Å². The quantitative estimate of drug-likeness (QED) is 0.291. The fourth-order valence-electron chi connectivity index (χ4n) is 4.09. The molecule has 0 fully saturated rings. The van der Waals surface area contributed by atoms with Gasteiger partial charge in [0.1, 0.15) is 12.6 Å². The Balaban J connectivity index is 2.06. The van der Waals surface area contributed by atoms with Crippen molar-refractivity contribution in [3.63, 3.8) is 0 Å². The molecule has 0 radical (unpaired) electrons. The van der Waals surface area contributed by atoms with Gasteiger partial charge in [0.2, 0.25) is 11.8 Å². The molecule has 1 N–H and O–H groups in total. The Morgan fingerprint density at radius 2 is 1.57 bits per heavy atom. The molecule has 0 aromatic heterocycles. The monoisotopic (exact) mass is 603 g/mol. The van der Waals surface area contributed by atoms with E-state index in [0.717, 1.165) is 9.87 Å². The van der Waals surface area contributed by atoms with Gasteiger partial charge in [-0.3, -0.25) is 13.9 Å². The molecule has 0 saturated heterocycles. The first-order chi connectivity index (χ1) is 18.8. The minimum atomic E-state index is -4.13. The molecule has 0 aliphatic heterocycles. The second kappa shape index (κ2) is 13.5. The highest BCUT2D eigenvalue weighted by atomic mass is 35.5. The number of hydrogen-bond donors (Lipinski definition) is 1. The van der Waals surface area contributed by atoms with E-state index in [-0.39, 0.29) is 23.3 Å². The molecule has 2 amide bonds. The van der Waals surface area contributed by atoms with Gasteiger partial charge in [0, 0.05) is 13.1 Å². The number of carbonyl (C=O) groups is 2. The predicted molar refractivity (Wildman–Crippen MR) is 161 cm³/mol. The lowest BCUT2D eigenvalue weighted by Crippen LogP contribution is -2.51. The summed E-state index contributed by atoms with van der Waals surface area (Å²) in [6.45, 7) is 9.18. The average molecular weight is 605 g/mol. The van der Waals surface area contributed by atoms with Gasteiger partial charge >= 0.3 is 0 Å². The molecule has 0 heterocycles. The molecule has 3 aromatic rings. The third-order valence-corrected chi connectivity index (χ3v) is 8.95. The molecule has 0 aliphatic rings. The number of benzene rings is 3. The number of nitrogens with one attached hydrogen (secondary N) is 1. The highest BCUT2D eigenvalue weighted by Gasteiger charge is 2.33. The standard InChI is InChI=1S/C30H35Cl2N3O4S/c1-20(2)17-33-30(37)23(5)34(18-24-13-14-26(31)27(32)16-24)29(36)19-35(28-15-21(3)11-12-22(28)4)40(38,39)25-9-7-6-8-10-25/h6-16,20,23H,17-19H2,1-5H3,(H,33,37). The second-order valence-corrected chi connectivity index (χ2v) is 12.9. The molecule has 0 bridgehead atoms. The first-order valence-corrected chi connectivity index (χ1v) is 15.2. The van der Waals surface area contributed by atoms with Crippen molar-refractivity contribution in [2.24, 2.45) is 5.92 Å². The van der Waals surface area contributed by atoms with E-state index >= 15 is 0 Å². The summed E-state index contributed by atoms with van der Waals surface area (Å²) < 4.78 is 29.0. The van der Waals surface area contributed by atoms with E-state index in [9.17, 15) is 18.0 Å². The van der Waals surface area contributed by atoms with Gasteiger partial charge in [-0.05, 0) is 73.7 Å². The van der Waals surface area contributed by atoms with Crippen LogP contribution in [0.3, 0.4) is 0 Å². The summed E-state index contributed by atoms with van der Waals surface area (Å²) in [6, 6.07) is 17.5. The number of anilines is 1. The van der Waals surface area contributed by atoms with Crippen LogP contribution in [0.1, 0.15) is 37.5 Å². The molecular formula is C30H35Cl2N3O4S. The molecule has 3 aromatic carbocycles. The van der Waals surface area contributed by atoms with Crippen LogP contribution in [0.4, 0.5) is 5.69 Å². The molecule has 1 unspecified atom stereocenters. The Labute approximate surface area is 247 Å². The van der Waals surface area contributed by atoms with Crippen LogP contribution in [0.15, 0.2) is 71.6 Å². The van der Waals surface area contributed by atoms with E-state index in [2.05, 4.69) is 5.32 Å². The maximum absolute atomic E-state index is 14.0. The van der Waals surface area contributed by atoms with Crippen LogP contribution >= 0.6 is 23.2 Å². The topological polar surface area (TPSA) is 86.8 Å². The van der Waals surface area contributed by atoms with Crippen molar-refractivity contribution >= 4 is 50.7 Å². The average Bonchev–Trinajstić information content (AvgIpc) is 2.92. The molecule has 0 aliphatic carbocycles. The summed E-state index contributed by atoms with van der Waals surface area (Å²) >= 11 is 12.3. The van der Waals surface area contributed by atoms with Crippen LogP contribution in [-0.4, -0.2) is 44.3 Å². The van der Waals surface area contributed by atoms with Crippen LogP contribution in [0.2, 0.25) is 10.0 Å². The maximum atomic E-state index is 14.0. The van der Waals surface area contributed by atoms with E-state index in [4.69, 9.17) is 23.2 Å². The van der Waals surface area contributed by atoms with E-state index in [1.54, 1.807) is 56.3 Å². The molecule has 40 heavy (non-hydrogen) atoms. The SMILES string of the molecule is Cc1ccc(C)c(N(CC(=O)N(Cc2ccc(Cl)c(Cl)c2)C(C)C(=O)NCC(C)C)S(=O)(=O)c2ccccc2)c1. The Morgan fingerprint density at radius 3 is 2.20 bits per heavy atom. The largest absolute Gasteiger partial charge is 0.354 e. The molecule has 10 heteroatoms. The van der Waals surface area contributed by atoms with Crippen LogP contribution in [0.25, 0.3) is 0 Å². The van der Waals surface area contributed by atoms with Crippen molar-refractivity contribution in [3.05, 3.63) is 93.5 Å². The summed E-state index contributed by atoms with van der Waals surface area (Å²) in [5.41, 5.74) is 2.58. The Bertz CT molecular complexity index is 1460. The van der Waals surface area contributed by atoms with Crippen LogP contribution in [0, 0.1) is 19.8 Å². The fraction of sp³-hybridized carbons (Fsp3) is 0.333. The number of aryl methyl sites for hydroxylation is 2. The number of hydrogen-bond acceptors (Lipinski definition) is 4. The van der Waals surface area contributed by atoms with E-state index in [1.165, 1.54) is 17.0 Å². The number of nitrogens with zero attached hydrogens (tertiary/aromatic N) is 2. The van der Waals surface area contributed by atoms with E-state index in [1.807, 2.05) is 32.9 Å². The minimum absolute atomic E-state index is 0.0258. The zero-order valence-electron chi connectivity index (χ0n) is 23.3. The lowest BCUT2D eigenvalue weighted by atomic mass is 10.1. The van der Waals surface area contributed by atoms with Gasteiger partial charge in [-0.25, -0.2) is 8.42 Å². The van der Waals surface area contributed by atoms with Crippen LogP contribution in [-0.2, 0) is 26.2 Å². The van der Waals surface area contributed by atoms with Crippen molar-refractivity contribution in [1.82, 2.24) is 10.2 Å². The Kier molecular flexibility index (Phi) is 10.6. The minimum Gasteiger partial charge on any atom is -0.354 e. The van der Waals surface area contributed by atoms with Crippen molar-refractivity contribution < 1.29 is 18.0 Å². The number of sulfonamides is 1. The third kappa shape index (κ3) is 7.77. The maximum Gasteiger partial charge on any atom is 0.264 e. The van der Waals surface area contributed by atoms with Gasteiger partial charge in [-0.15, -0.1) is 0 Å². The zero-order chi connectivity index (χ0) is 29.6. The van der Waals surface area contributed by atoms with E-state index < -0.39 is 28.5 Å². The van der Waals surface area contributed by atoms with Crippen molar-refractivity contribution in [2.75, 3.05) is 17.4 Å². The molecule has 214 valence electrons. The second-order valence-electron chi connectivity index (χ2n) is 10.2. The summed E-state index contributed by atoms with van der Waals surface area (Å²) in [4.78, 5) is 28.5. The molecular weight excluding hydrogens is 569 g/mol. The normalized spacial score (nSPS) is 12.2. The highest BCUT2D eigenvalue weighted by Crippen LogP contribution is 2.29. The number of halogens is 2. The first kappa shape index (κ1) is 31.5. The van der Waals surface area contributed by atoms with Gasteiger partial charge in [0.05, 0.1) is 20.6 Å². The third-order valence-electron chi connectivity index (χ3n) is 6.43. The zero-order valence-corrected chi connectivity index (χ0v) is 25.6. The molecule has 7 nitrogen and oxygen atoms in total. The van der Waals surface area contributed by atoms with E-state index in [0.29, 0.717) is 33.4 Å². The van der Waals surface area contributed by atoms with Crippen LogP contribution < -0.4 is 9.62 Å². The van der Waals surface area contributed by atoms with Gasteiger partial charge in [0.15, 0.2) is 0 Å². The van der Waals surface area contributed by atoms with Gasteiger partial charge in [-0.1, -0.05) is 73.4 Å². The molecule has 0 saturated carbocycles. The number of carbonyl (C=O) groups excluding carboxylic acids is 2. The summed E-state index contributed by atoms with van der Waals surface area (Å²) in [6.07, 6.45) is 0. The summed E-state index contributed by atoms with van der Waals surface area (Å²) in [7, 11) is -4.13. The van der Waals surface area contributed by atoms with Crippen LogP contribution in [0.5, 0.6) is 0 Å². The van der Waals surface area contributed by atoms with Gasteiger partial charge in [-0.2, -0.15) is 0 Å². The fourth-order valence-corrected chi connectivity index (χ4v) is 5.90. The summed E-state index contributed by atoms with van der Waals surface area (Å²) in [5, 5.41) is 3.54. The summed E-state index contributed by atoms with van der Waals surface area (Å²) in [5.74, 6) is -0.670. The highest BCUT2D eigenvalue weighted by molar-refractivity contribution is 7.92. The van der Waals surface area contributed by atoms with Crippen molar-refractivity contribution in [1.29, 1.82) is 0 Å². The molecule has 0 spiro atoms. The number of rotatable bonds is 11. The van der Waals surface area contributed by atoms with Crippen molar-refractivity contribution in [2.45, 2.75) is 52.1 Å². The lowest BCUT2D eigenvalue weighted by molar-refractivity contribution is -0.139. The first-order valence-electron chi connectivity index (χ1n) is 13.0. The van der Waals surface area contributed by atoms with Gasteiger partial charge in [0.25, 0.3) is 10.0 Å². The lowest BCUT2D eigenvalue weighted by Gasteiger charge is -2.32. The predicted octanol–water partition coefficient (Wildman–Crippen LogP) is 6.00. The van der Waals surface area contributed by atoms with Crippen molar-refractivity contribution in [3.8, 4) is 0 Å². The molecule has 3 rings (SSSR count).